The molecule has 3 atom stereocenters. The molecule has 2 aromatic rings. The number of fused-ring (bicyclic) bond motifs is 1. The fourth-order valence-corrected chi connectivity index (χ4v) is 6.22. The van der Waals surface area contributed by atoms with Crippen molar-refractivity contribution in [2.24, 2.45) is 5.92 Å². The van der Waals surface area contributed by atoms with Crippen molar-refractivity contribution in [1.29, 1.82) is 4.78 Å². The predicted octanol–water partition coefficient (Wildman–Crippen LogP) is 3.49. The minimum atomic E-state index is -3.68. The molecule has 2 amide bonds. The average molecular weight is 465 g/mol. The summed E-state index contributed by atoms with van der Waals surface area (Å²) in [7, 11) is -3.68. The number of anilines is 1. The lowest BCUT2D eigenvalue weighted by molar-refractivity contribution is -0.00244. The molecule has 1 saturated carbocycles. The monoisotopic (exact) mass is 464 g/mol. The van der Waals surface area contributed by atoms with E-state index in [1.807, 2.05) is 0 Å². The van der Waals surface area contributed by atoms with Crippen molar-refractivity contribution in [1.82, 2.24) is 9.71 Å². The second-order valence-electron chi connectivity index (χ2n) is 8.68. The lowest BCUT2D eigenvalue weighted by Gasteiger charge is -2.20. The molecule has 0 saturated heterocycles. The van der Waals surface area contributed by atoms with Gasteiger partial charge in [-0.15, -0.1) is 11.3 Å². The molecule has 2 aliphatic rings. The molecular weight excluding hydrogens is 436 g/mol. The average Bonchev–Trinajstić information content (AvgIpc) is 3.23. The van der Waals surface area contributed by atoms with Gasteiger partial charge in [-0.1, -0.05) is 19.1 Å². The smallest absolute Gasteiger partial charge is 0.331 e. The molecule has 1 fully saturated rings. The molecule has 31 heavy (non-hydrogen) atoms. The summed E-state index contributed by atoms with van der Waals surface area (Å²) in [5.74, 6) is 0.949. The molecule has 1 heterocycles. The molecule has 0 bridgehead atoms. The Morgan fingerprint density at radius 2 is 2.16 bits per heavy atom. The van der Waals surface area contributed by atoms with Crippen LogP contribution in [0.25, 0.3) is 0 Å². The summed E-state index contributed by atoms with van der Waals surface area (Å²) < 4.78 is 23.4. The Kier molecular flexibility index (Phi) is 5.84. The molecule has 0 aliphatic heterocycles. The standard InChI is InChI=1S/C21H28N4O4S2/c1-12(13-6-7-13)15-9-8-14-4-3-5-16(14)18(15)24-20(27)25-31(22,29)17-10-23-19(30-17)21(2,28)11-26/h8-10,12-13,26,28H,3-7,11H2,1-2H3,(H3,22,24,25,27,29)/t12-,21+,31?/m0/s1. The number of nitrogens with one attached hydrogen (secondary N) is 3. The van der Waals surface area contributed by atoms with Gasteiger partial charge in [0, 0.05) is 5.69 Å². The normalized spacial score (nSPS) is 20.4. The third kappa shape index (κ3) is 4.48. The van der Waals surface area contributed by atoms with Gasteiger partial charge in [0.1, 0.15) is 14.8 Å². The highest BCUT2D eigenvalue weighted by atomic mass is 32.2. The fraction of sp³-hybridized carbons (Fsp3) is 0.524. The minimum absolute atomic E-state index is 0.0104. The van der Waals surface area contributed by atoms with E-state index in [0.29, 0.717) is 11.8 Å². The first-order valence-electron chi connectivity index (χ1n) is 10.4. The van der Waals surface area contributed by atoms with Crippen LogP contribution in [0, 0.1) is 10.7 Å². The van der Waals surface area contributed by atoms with Crippen molar-refractivity contribution in [3.8, 4) is 0 Å². The molecular formula is C21H28N4O4S2. The summed E-state index contributed by atoms with van der Waals surface area (Å²) in [6.07, 6.45) is 6.48. The Morgan fingerprint density at radius 3 is 2.84 bits per heavy atom. The van der Waals surface area contributed by atoms with Gasteiger partial charge in [0.05, 0.1) is 12.8 Å². The van der Waals surface area contributed by atoms with E-state index in [-0.39, 0.29) is 9.22 Å². The molecule has 1 aromatic carbocycles. The maximum absolute atomic E-state index is 12.9. The number of aromatic nitrogens is 1. The van der Waals surface area contributed by atoms with E-state index in [1.165, 1.54) is 31.5 Å². The van der Waals surface area contributed by atoms with Crippen molar-refractivity contribution in [3.05, 3.63) is 40.0 Å². The topological polar surface area (TPSA) is 135 Å². The summed E-state index contributed by atoms with van der Waals surface area (Å²) in [5, 5.41) is 22.4. The van der Waals surface area contributed by atoms with Gasteiger partial charge in [-0.2, -0.15) is 0 Å². The van der Waals surface area contributed by atoms with Crippen LogP contribution in [0.1, 0.15) is 60.7 Å². The van der Waals surface area contributed by atoms with Gasteiger partial charge in [-0.3, -0.25) is 0 Å². The van der Waals surface area contributed by atoms with Crippen molar-refractivity contribution >= 4 is 33.0 Å². The molecule has 0 spiro atoms. The van der Waals surface area contributed by atoms with Crippen LogP contribution >= 0.6 is 11.3 Å². The molecule has 1 aromatic heterocycles. The Hall–Kier alpha value is -2.01. The highest BCUT2D eigenvalue weighted by Crippen LogP contribution is 2.46. The lowest BCUT2D eigenvalue weighted by Crippen LogP contribution is -2.34. The number of hydrogen-bond donors (Lipinski definition) is 5. The van der Waals surface area contributed by atoms with Crippen LogP contribution in [0.2, 0.25) is 0 Å². The molecule has 5 N–H and O–H groups in total. The summed E-state index contributed by atoms with van der Waals surface area (Å²) in [4.78, 5) is 16.8. The van der Waals surface area contributed by atoms with E-state index < -0.39 is 28.2 Å². The Balaban J connectivity index is 1.56. The van der Waals surface area contributed by atoms with Crippen LogP contribution in [0.5, 0.6) is 0 Å². The quantitative estimate of drug-likeness (QED) is 0.427. The van der Waals surface area contributed by atoms with Crippen LogP contribution in [-0.2, 0) is 28.4 Å². The van der Waals surface area contributed by atoms with Crippen LogP contribution in [0.15, 0.2) is 22.5 Å². The van der Waals surface area contributed by atoms with Crippen LogP contribution < -0.4 is 10.0 Å². The van der Waals surface area contributed by atoms with Gasteiger partial charge in [-0.05, 0) is 67.6 Å². The van der Waals surface area contributed by atoms with Crippen molar-refractivity contribution in [2.75, 3.05) is 11.9 Å². The zero-order chi connectivity index (χ0) is 22.4. The molecule has 10 heteroatoms. The van der Waals surface area contributed by atoms with E-state index in [2.05, 4.69) is 34.1 Å². The zero-order valence-corrected chi connectivity index (χ0v) is 19.2. The molecule has 0 radical (unpaired) electrons. The summed E-state index contributed by atoms with van der Waals surface area (Å²) in [5.41, 5.74) is 2.64. The third-order valence-corrected chi connectivity index (χ3v) is 9.29. The minimum Gasteiger partial charge on any atom is -0.393 e. The Bertz CT molecular complexity index is 1110. The van der Waals surface area contributed by atoms with Crippen LogP contribution in [0.4, 0.5) is 10.5 Å². The number of carbonyl (C=O) groups is 1. The molecule has 8 nitrogen and oxygen atoms in total. The Morgan fingerprint density at radius 1 is 1.42 bits per heavy atom. The molecule has 4 rings (SSSR count). The number of aliphatic hydroxyl groups excluding tert-OH is 1. The maximum atomic E-state index is 12.9. The first-order valence-corrected chi connectivity index (χ1v) is 12.8. The second kappa shape index (κ2) is 8.16. The van der Waals surface area contributed by atoms with Gasteiger partial charge in [-0.25, -0.2) is 23.5 Å². The number of carbonyl (C=O) groups excluding carboxylic acids is 1. The summed E-state index contributed by atoms with van der Waals surface area (Å²) in [6, 6.07) is 3.54. The lowest BCUT2D eigenvalue weighted by atomic mass is 9.91. The van der Waals surface area contributed by atoms with E-state index in [0.717, 1.165) is 47.4 Å². The van der Waals surface area contributed by atoms with Crippen LogP contribution in [-0.4, -0.2) is 32.0 Å². The fourth-order valence-electron chi connectivity index (χ4n) is 4.09. The first-order chi connectivity index (χ1) is 14.6. The highest BCUT2D eigenvalue weighted by Gasteiger charge is 2.33. The van der Waals surface area contributed by atoms with E-state index in [1.54, 1.807) is 0 Å². The maximum Gasteiger partial charge on any atom is 0.331 e. The molecule has 168 valence electrons. The van der Waals surface area contributed by atoms with Crippen molar-refractivity contribution in [2.45, 2.75) is 61.7 Å². The number of aliphatic hydroxyl groups is 2. The number of hydrogen-bond acceptors (Lipinski definition) is 7. The first kappa shape index (κ1) is 22.2. The van der Waals surface area contributed by atoms with E-state index >= 15 is 0 Å². The van der Waals surface area contributed by atoms with Gasteiger partial charge in [0.2, 0.25) is 0 Å². The number of urea groups is 1. The number of aryl methyl sites for hydroxylation is 1. The largest absolute Gasteiger partial charge is 0.393 e. The molecule has 2 aliphatic carbocycles. The van der Waals surface area contributed by atoms with Gasteiger partial charge in [0.15, 0.2) is 9.92 Å². The van der Waals surface area contributed by atoms with Gasteiger partial charge in [0.25, 0.3) is 0 Å². The SMILES string of the molecule is C[C@H](c1ccc2c(c1NC(=O)NS(=N)(=O)c1cnc([C@](C)(O)CO)s1)CCC2)C1CC1. The molecule has 1 unspecified atom stereocenters. The van der Waals surface area contributed by atoms with E-state index in [4.69, 9.17) is 4.78 Å². The number of rotatable bonds is 7. The highest BCUT2D eigenvalue weighted by molar-refractivity contribution is 7.93. The predicted molar refractivity (Wildman–Crippen MR) is 120 cm³/mol. The zero-order valence-electron chi connectivity index (χ0n) is 17.6. The summed E-state index contributed by atoms with van der Waals surface area (Å²) >= 11 is 0.833. The van der Waals surface area contributed by atoms with Crippen molar-refractivity contribution < 1.29 is 19.2 Å². The van der Waals surface area contributed by atoms with Crippen LogP contribution in [0.3, 0.4) is 0 Å². The number of thiazole rings is 1. The third-order valence-electron chi connectivity index (χ3n) is 6.15. The Labute approximate surface area is 186 Å². The number of amides is 2. The van der Waals surface area contributed by atoms with E-state index in [9.17, 15) is 19.2 Å². The number of nitrogens with zero attached hydrogens (tertiary/aromatic N) is 1. The van der Waals surface area contributed by atoms with Gasteiger partial charge < -0.3 is 15.5 Å². The van der Waals surface area contributed by atoms with Gasteiger partial charge >= 0.3 is 6.03 Å². The number of benzene rings is 1. The second-order valence-corrected chi connectivity index (χ2v) is 11.7. The summed E-state index contributed by atoms with van der Waals surface area (Å²) in [6.45, 7) is 2.99. The van der Waals surface area contributed by atoms with Crippen molar-refractivity contribution in [3.63, 3.8) is 0 Å².